The molecule has 13 heteroatoms. The summed E-state index contributed by atoms with van der Waals surface area (Å²) in [7, 11) is 2.10. The highest BCUT2D eigenvalue weighted by molar-refractivity contribution is 6.24. The van der Waals surface area contributed by atoms with Gasteiger partial charge >= 0.3 is 6.03 Å². The highest BCUT2D eigenvalue weighted by atomic mass is 16.2. The Morgan fingerprint density at radius 1 is 0.769 bits per heavy atom. The number of piperidine rings is 1. The number of pyridine rings is 2. The third kappa shape index (κ3) is 5.43. The van der Waals surface area contributed by atoms with Crippen molar-refractivity contribution >= 4 is 57.1 Å². The summed E-state index contributed by atoms with van der Waals surface area (Å²) in [6, 6.07) is 17.5. The van der Waals surface area contributed by atoms with Gasteiger partial charge < -0.3 is 14.4 Å². The van der Waals surface area contributed by atoms with E-state index in [0.29, 0.717) is 11.5 Å². The highest BCUT2D eigenvalue weighted by Crippen LogP contribution is 2.36. The Morgan fingerprint density at radius 3 is 2.35 bits per heavy atom. The van der Waals surface area contributed by atoms with Crippen molar-refractivity contribution in [3.8, 4) is 11.1 Å². The Labute approximate surface area is 300 Å². The van der Waals surface area contributed by atoms with Gasteiger partial charge in [0.25, 0.3) is 11.8 Å². The summed E-state index contributed by atoms with van der Waals surface area (Å²) >= 11 is 0. The summed E-state index contributed by atoms with van der Waals surface area (Å²) in [6.07, 6.45) is 7.75. The number of hydrogen-bond donors (Lipinski definition) is 1. The Bertz CT molecular complexity index is 2250. The van der Waals surface area contributed by atoms with Crippen LogP contribution in [0.25, 0.3) is 32.9 Å². The van der Waals surface area contributed by atoms with Gasteiger partial charge in [-0.2, -0.15) is 5.01 Å². The lowest BCUT2D eigenvalue weighted by Gasteiger charge is -2.40. The van der Waals surface area contributed by atoms with E-state index in [-0.39, 0.29) is 18.5 Å². The quantitative estimate of drug-likeness (QED) is 0.259. The summed E-state index contributed by atoms with van der Waals surface area (Å²) in [5.41, 5.74) is 5.94. The van der Waals surface area contributed by atoms with Crippen LogP contribution in [0.15, 0.2) is 73.2 Å². The van der Waals surface area contributed by atoms with E-state index in [1.54, 1.807) is 12.1 Å². The van der Waals surface area contributed by atoms with Crippen molar-refractivity contribution in [2.45, 2.75) is 19.3 Å². The Balaban J connectivity index is 0.793. The molecule has 52 heavy (non-hydrogen) atoms. The lowest BCUT2D eigenvalue weighted by atomic mass is 9.94. The lowest BCUT2D eigenvalue weighted by molar-refractivity contribution is -0.122. The minimum absolute atomic E-state index is 0.0174. The number of aryl methyl sites for hydroxylation is 1. The van der Waals surface area contributed by atoms with E-state index in [1.807, 2.05) is 24.7 Å². The number of piperazine rings is 1. The molecular formula is C39H39N9O4. The zero-order chi connectivity index (χ0) is 35.5. The first-order chi connectivity index (χ1) is 25.3. The zero-order valence-electron chi connectivity index (χ0n) is 29.0. The number of anilines is 2. The van der Waals surface area contributed by atoms with Gasteiger partial charge in [-0.25, -0.2) is 14.8 Å². The molecule has 13 nitrogen and oxygen atoms in total. The third-order valence-corrected chi connectivity index (χ3v) is 11.2. The van der Waals surface area contributed by atoms with Crippen molar-refractivity contribution in [3.05, 3.63) is 84.3 Å². The average Bonchev–Trinajstić information content (AvgIpc) is 3.61. The van der Waals surface area contributed by atoms with E-state index in [9.17, 15) is 19.2 Å². The third-order valence-electron chi connectivity index (χ3n) is 11.2. The van der Waals surface area contributed by atoms with Crippen molar-refractivity contribution in [3.63, 3.8) is 0 Å². The molecular weight excluding hydrogens is 658 g/mol. The van der Waals surface area contributed by atoms with Gasteiger partial charge in [0.15, 0.2) is 0 Å². The monoisotopic (exact) mass is 697 g/mol. The van der Waals surface area contributed by atoms with Crippen molar-refractivity contribution in [2.24, 2.45) is 13.0 Å². The average molecular weight is 698 g/mol. The number of hydrazine groups is 1. The number of carbonyl (C=O) groups excluding carboxylic acids is 4. The Morgan fingerprint density at radius 2 is 1.58 bits per heavy atom. The molecule has 4 aliphatic heterocycles. The first kappa shape index (κ1) is 32.1. The van der Waals surface area contributed by atoms with Crippen LogP contribution < -0.4 is 15.1 Å². The maximum Gasteiger partial charge on any atom is 0.343 e. The number of urea groups is 1. The van der Waals surface area contributed by atoms with Gasteiger partial charge in [0.1, 0.15) is 5.82 Å². The van der Waals surface area contributed by atoms with E-state index in [4.69, 9.17) is 4.98 Å². The smallest absolute Gasteiger partial charge is 0.343 e. The molecule has 0 radical (unpaired) electrons. The molecule has 3 aromatic heterocycles. The van der Waals surface area contributed by atoms with Crippen LogP contribution in [0, 0.1) is 5.92 Å². The fourth-order valence-electron chi connectivity index (χ4n) is 8.34. The lowest BCUT2D eigenvalue weighted by Crippen LogP contribution is -2.58. The fourth-order valence-corrected chi connectivity index (χ4v) is 8.34. The number of amides is 5. The van der Waals surface area contributed by atoms with E-state index in [2.05, 4.69) is 73.0 Å². The topological polar surface area (TPSA) is 127 Å². The summed E-state index contributed by atoms with van der Waals surface area (Å²) in [6.45, 7) is 6.37. The molecule has 0 aliphatic carbocycles. The molecule has 264 valence electrons. The number of hydrogen-bond acceptors (Lipinski definition) is 9. The number of benzene rings is 2. The van der Waals surface area contributed by atoms with Crippen LogP contribution in [-0.2, 0) is 11.8 Å². The van der Waals surface area contributed by atoms with E-state index < -0.39 is 23.8 Å². The van der Waals surface area contributed by atoms with Crippen LogP contribution in [-0.4, -0.2) is 106 Å². The molecule has 0 bridgehead atoms. The normalized spacial score (nSPS) is 18.9. The molecule has 0 unspecified atom stereocenters. The molecule has 0 atom stereocenters. The van der Waals surface area contributed by atoms with Crippen molar-refractivity contribution in [1.29, 1.82) is 0 Å². The summed E-state index contributed by atoms with van der Waals surface area (Å²) in [5, 5.41) is 6.49. The summed E-state index contributed by atoms with van der Waals surface area (Å²) in [4.78, 5) is 67.2. The van der Waals surface area contributed by atoms with Crippen LogP contribution in [0.4, 0.5) is 16.3 Å². The number of imide groups is 2. The van der Waals surface area contributed by atoms with Crippen LogP contribution in [0.3, 0.4) is 0 Å². The standard InChI is InChI=1S/C39H39N9O4/c1-43-31-9-13-40-23-30(31)28-7-5-26(21-33(28)43)27-6-8-34(41-22-27)46-19-17-44(18-20-46)24-25-10-14-45(15-11-25)32-4-2-3-29-36(32)38(51)48(37(29)50)47-16-12-35(49)42-39(47)52/h2-9,13,21-23,25H,10-12,14-20,24H2,1H3,(H,42,49,52). The first-order valence-electron chi connectivity index (χ1n) is 18.0. The van der Waals surface area contributed by atoms with Gasteiger partial charge in [0.2, 0.25) is 5.91 Å². The molecule has 5 aromatic rings. The predicted molar refractivity (Wildman–Crippen MR) is 197 cm³/mol. The number of rotatable bonds is 6. The Kier molecular flexibility index (Phi) is 7.87. The molecule has 4 aliphatic rings. The maximum atomic E-state index is 13.6. The molecule has 0 saturated carbocycles. The van der Waals surface area contributed by atoms with E-state index in [0.717, 1.165) is 96.7 Å². The van der Waals surface area contributed by atoms with Gasteiger partial charge in [-0.15, -0.1) is 0 Å². The van der Waals surface area contributed by atoms with Crippen LogP contribution in [0.2, 0.25) is 0 Å². The second kappa shape index (κ2) is 12.7. The largest absolute Gasteiger partial charge is 0.371 e. The van der Waals surface area contributed by atoms with Gasteiger partial charge in [-0.3, -0.25) is 29.6 Å². The molecule has 7 heterocycles. The SMILES string of the molecule is Cn1c2ccncc2c2ccc(-c3ccc(N4CCN(CC5CCN(c6cccc7c6C(=O)N(N6CCC(=O)NC6=O)C7=O)CC5)CC4)nc3)cc21. The predicted octanol–water partition coefficient (Wildman–Crippen LogP) is 4.28. The molecule has 5 amide bonds. The number of nitrogens with one attached hydrogen (secondary N) is 1. The maximum absolute atomic E-state index is 13.6. The molecule has 3 saturated heterocycles. The van der Waals surface area contributed by atoms with Gasteiger partial charge in [-0.1, -0.05) is 18.2 Å². The number of nitrogens with zero attached hydrogens (tertiary/aromatic N) is 8. The zero-order valence-corrected chi connectivity index (χ0v) is 29.0. The highest BCUT2D eigenvalue weighted by Gasteiger charge is 2.45. The summed E-state index contributed by atoms with van der Waals surface area (Å²) < 4.78 is 2.22. The Hall–Kier alpha value is -5.82. The van der Waals surface area contributed by atoms with Crippen molar-refractivity contribution in [1.82, 2.24) is 34.8 Å². The second-order valence-electron chi connectivity index (χ2n) is 14.2. The number of aromatic nitrogens is 3. The van der Waals surface area contributed by atoms with E-state index in [1.165, 1.54) is 16.4 Å². The molecule has 0 spiro atoms. The van der Waals surface area contributed by atoms with Crippen LogP contribution in [0.5, 0.6) is 0 Å². The van der Waals surface area contributed by atoms with Crippen molar-refractivity contribution < 1.29 is 19.2 Å². The molecule has 1 N–H and O–H groups in total. The number of carbonyl (C=O) groups is 4. The minimum Gasteiger partial charge on any atom is -0.371 e. The van der Waals surface area contributed by atoms with Crippen LogP contribution >= 0.6 is 0 Å². The minimum atomic E-state index is -0.757. The van der Waals surface area contributed by atoms with E-state index >= 15 is 0 Å². The van der Waals surface area contributed by atoms with Gasteiger partial charge in [-0.05, 0) is 60.7 Å². The fraction of sp³-hybridized carbons (Fsp3) is 0.333. The molecule has 9 rings (SSSR count). The summed E-state index contributed by atoms with van der Waals surface area (Å²) in [5.74, 6) is 0.0598. The second-order valence-corrected chi connectivity index (χ2v) is 14.2. The van der Waals surface area contributed by atoms with Gasteiger partial charge in [0, 0.05) is 99.7 Å². The van der Waals surface area contributed by atoms with Crippen molar-refractivity contribution in [2.75, 3.05) is 62.2 Å². The first-order valence-corrected chi connectivity index (χ1v) is 18.0. The molecule has 3 fully saturated rings. The molecule has 2 aromatic carbocycles. The van der Waals surface area contributed by atoms with Crippen LogP contribution in [0.1, 0.15) is 40.0 Å². The number of fused-ring (bicyclic) bond motifs is 4. The van der Waals surface area contributed by atoms with Gasteiger partial charge in [0.05, 0.1) is 28.9 Å².